The van der Waals surface area contributed by atoms with Gasteiger partial charge in [-0.25, -0.2) is 0 Å². The molecule has 0 N–H and O–H groups in total. The fraction of sp³-hybridized carbons (Fsp3) is 0.320. The fourth-order valence-corrected chi connectivity index (χ4v) is 2.88. The van der Waals surface area contributed by atoms with Gasteiger partial charge in [0.25, 0.3) is 0 Å². The van der Waals surface area contributed by atoms with Crippen LogP contribution in [0.3, 0.4) is 0 Å². The number of rotatable bonds is 9. The van der Waals surface area contributed by atoms with Crippen molar-refractivity contribution < 1.29 is 23.4 Å². The number of ether oxygens (including phenoxy) is 4. The minimum atomic E-state index is -0.726. The van der Waals surface area contributed by atoms with Gasteiger partial charge in [-0.1, -0.05) is 13.2 Å². The summed E-state index contributed by atoms with van der Waals surface area (Å²) < 4.78 is 28.9. The van der Waals surface area contributed by atoms with Crippen molar-refractivity contribution in [3.63, 3.8) is 0 Å². The molecular formula is C25H28O6. The average Bonchev–Trinajstić information content (AvgIpc) is 2.74. The van der Waals surface area contributed by atoms with E-state index in [4.69, 9.17) is 23.4 Å². The number of benzene rings is 2. The van der Waals surface area contributed by atoms with E-state index in [0.29, 0.717) is 39.2 Å². The van der Waals surface area contributed by atoms with Crippen LogP contribution in [0.4, 0.5) is 0 Å². The second-order valence-corrected chi connectivity index (χ2v) is 8.23. The zero-order chi connectivity index (χ0) is 22.8. The topological polar surface area (TPSA) is 67.1 Å². The van der Waals surface area contributed by atoms with Crippen LogP contribution < -0.4 is 19.6 Å². The van der Waals surface area contributed by atoms with Crippen molar-refractivity contribution in [2.24, 2.45) is 0 Å². The zero-order valence-corrected chi connectivity index (χ0v) is 18.6. The highest BCUT2D eigenvalue weighted by Crippen LogP contribution is 2.40. The Morgan fingerprint density at radius 1 is 0.968 bits per heavy atom. The summed E-state index contributed by atoms with van der Waals surface area (Å²) in [5, 5.41) is 0.769. The number of methoxy groups -OCH3 is 1. The van der Waals surface area contributed by atoms with Crippen molar-refractivity contribution in [1.29, 1.82) is 0 Å². The normalized spacial score (nSPS) is 12.0. The predicted octanol–water partition coefficient (Wildman–Crippen LogP) is 5.62. The molecule has 1 heterocycles. The Kier molecular flexibility index (Phi) is 6.13. The molecule has 0 saturated carbocycles. The molecule has 0 saturated heterocycles. The third-order valence-electron chi connectivity index (χ3n) is 4.79. The van der Waals surface area contributed by atoms with E-state index in [0.717, 1.165) is 0 Å². The summed E-state index contributed by atoms with van der Waals surface area (Å²) in [6.07, 6.45) is 3.37. The molecule has 3 aromatic rings. The van der Waals surface area contributed by atoms with Gasteiger partial charge in [0.1, 0.15) is 22.5 Å². The van der Waals surface area contributed by atoms with Gasteiger partial charge >= 0.3 is 0 Å². The van der Waals surface area contributed by atoms with Crippen LogP contribution in [0, 0.1) is 0 Å². The van der Waals surface area contributed by atoms with Crippen molar-refractivity contribution in [1.82, 2.24) is 0 Å². The summed E-state index contributed by atoms with van der Waals surface area (Å²) in [5.41, 5.74) is -0.876. The lowest BCUT2D eigenvalue weighted by atomic mass is 10.1. The molecule has 2 aromatic carbocycles. The molecule has 6 heteroatoms. The lowest BCUT2D eigenvalue weighted by molar-refractivity contribution is 0.0512. The van der Waals surface area contributed by atoms with E-state index in [1.54, 1.807) is 42.5 Å². The number of hydrogen-bond donors (Lipinski definition) is 0. The molecule has 0 atom stereocenters. The van der Waals surface area contributed by atoms with Crippen LogP contribution in [0.5, 0.6) is 17.2 Å². The van der Waals surface area contributed by atoms with Gasteiger partial charge in [-0.2, -0.15) is 0 Å². The van der Waals surface area contributed by atoms with Crippen LogP contribution >= 0.6 is 0 Å². The Hall–Kier alpha value is -3.25. The van der Waals surface area contributed by atoms with Gasteiger partial charge < -0.3 is 23.4 Å². The highest BCUT2D eigenvalue weighted by molar-refractivity contribution is 5.94. The minimum absolute atomic E-state index is 0.0822. The summed E-state index contributed by atoms with van der Waals surface area (Å²) in [6.45, 7) is 15.2. The monoisotopic (exact) mass is 424 g/mol. The molecule has 0 aliphatic heterocycles. The van der Waals surface area contributed by atoms with Crippen LogP contribution in [-0.2, 0) is 4.74 Å². The van der Waals surface area contributed by atoms with Crippen LogP contribution in [0.15, 0.2) is 64.9 Å². The van der Waals surface area contributed by atoms with Crippen molar-refractivity contribution >= 4 is 21.9 Å². The summed E-state index contributed by atoms with van der Waals surface area (Å²) in [6, 6.07) is 8.41. The quantitative estimate of drug-likeness (QED) is 0.252. The third-order valence-corrected chi connectivity index (χ3v) is 4.79. The van der Waals surface area contributed by atoms with E-state index in [1.807, 2.05) is 27.7 Å². The smallest absolute Gasteiger partial charge is 0.205 e. The van der Waals surface area contributed by atoms with Crippen molar-refractivity contribution in [3.05, 3.63) is 65.9 Å². The highest BCUT2D eigenvalue weighted by Gasteiger charge is 2.26. The largest absolute Gasteiger partial charge is 0.480 e. The summed E-state index contributed by atoms with van der Waals surface area (Å²) >= 11 is 0. The Morgan fingerprint density at radius 2 is 1.65 bits per heavy atom. The van der Waals surface area contributed by atoms with Crippen LogP contribution in [0.1, 0.15) is 27.7 Å². The molecule has 0 fully saturated rings. The molecule has 3 rings (SSSR count). The number of hydrogen-bond acceptors (Lipinski definition) is 6. The fourth-order valence-electron chi connectivity index (χ4n) is 2.88. The lowest BCUT2D eigenvalue weighted by Crippen LogP contribution is -2.28. The molecule has 31 heavy (non-hydrogen) atoms. The van der Waals surface area contributed by atoms with Crippen molar-refractivity contribution in [2.45, 2.75) is 38.9 Å². The molecule has 0 unspecified atom stereocenters. The van der Waals surface area contributed by atoms with Crippen molar-refractivity contribution in [3.8, 4) is 17.2 Å². The molecule has 1 aromatic heterocycles. The Labute approximate surface area is 181 Å². The second-order valence-electron chi connectivity index (χ2n) is 8.23. The first-order valence-electron chi connectivity index (χ1n) is 9.91. The number of fused-ring (bicyclic) bond motifs is 2. The molecule has 6 nitrogen and oxygen atoms in total. The van der Waals surface area contributed by atoms with Crippen LogP contribution in [0.25, 0.3) is 21.9 Å². The van der Waals surface area contributed by atoms with Gasteiger partial charge in [-0.05, 0) is 70.2 Å². The molecule has 0 amide bonds. The first-order valence-corrected chi connectivity index (χ1v) is 9.91. The molecule has 0 spiro atoms. The first kappa shape index (κ1) is 22.4. The summed E-state index contributed by atoms with van der Waals surface area (Å²) in [5.74, 6) is 1.28. The van der Waals surface area contributed by atoms with E-state index < -0.39 is 11.2 Å². The van der Waals surface area contributed by atoms with E-state index >= 15 is 0 Å². The van der Waals surface area contributed by atoms with Crippen LogP contribution in [0.2, 0.25) is 0 Å². The van der Waals surface area contributed by atoms with E-state index in [1.165, 1.54) is 7.11 Å². The first-order chi connectivity index (χ1) is 14.6. The molecule has 0 bridgehead atoms. The maximum atomic E-state index is 13.3. The van der Waals surface area contributed by atoms with Gasteiger partial charge in [0, 0.05) is 7.11 Å². The van der Waals surface area contributed by atoms with Gasteiger partial charge in [0.15, 0.2) is 18.1 Å². The van der Waals surface area contributed by atoms with E-state index in [9.17, 15) is 4.79 Å². The standard InChI is InChI=1S/C25H28O6/c1-8-24(3,4)30-20-13-11-17-21(26)18-14-16(28-15-27-7)10-12-19(18)29-22(17)23(20)31-25(5,6)9-2/h8-14H,1-2,15H2,3-7H3. The maximum Gasteiger partial charge on any atom is 0.205 e. The third kappa shape index (κ3) is 4.75. The van der Waals surface area contributed by atoms with Gasteiger partial charge in [0.05, 0.1) is 10.8 Å². The molecule has 0 aliphatic rings. The molecule has 164 valence electrons. The lowest BCUT2D eigenvalue weighted by Gasteiger charge is -2.28. The molecular weight excluding hydrogens is 396 g/mol. The maximum absolute atomic E-state index is 13.3. The second kappa shape index (κ2) is 8.47. The van der Waals surface area contributed by atoms with Gasteiger partial charge in [-0.3, -0.25) is 4.79 Å². The van der Waals surface area contributed by atoms with Gasteiger partial charge in [0.2, 0.25) is 11.2 Å². The van der Waals surface area contributed by atoms with Crippen molar-refractivity contribution in [2.75, 3.05) is 13.9 Å². The Morgan fingerprint density at radius 3 is 2.29 bits per heavy atom. The van der Waals surface area contributed by atoms with Gasteiger partial charge in [-0.15, -0.1) is 0 Å². The summed E-state index contributed by atoms with van der Waals surface area (Å²) in [4.78, 5) is 13.3. The predicted molar refractivity (Wildman–Crippen MR) is 122 cm³/mol. The Balaban J connectivity index is 2.27. The molecule has 0 radical (unpaired) electrons. The minimum Gasteiger partial charge on any atom is -0.480 e. The van der Waals surface area contributed by atoms with E-state index in [2.05, 4.69) is 13.2 Å². The average molecular weight is 424 g/mol. The highest BCUT2D eigenvalue weighted by atomic mass is 16.7. The zero-order valence-electron chi connectivity index (χ0n) is 18.6. The molecule has 0 aliphatic carbocycles. The SMILES string of the molecule is C=CC(C)(C)Oc1ccc2c(=O)c3cc(OCOC)ccc3oc2c1OC(C)(C)C=C. The van der Waals surface area contributed by atoms with Crippen LogP contribution in [-0.4, -0.2) is 25.1 Å². The Bertz CT molecular complexity index is 1190. The van der Waals surface area contributed by atoms with E-state index in [-0.39, 0.29) is 12.2 Å². The summed E-state index contributed by atoms with van der Waals surface area (Å²) in [7, 11) is 1.53.